The van der Waals surface area contributed by atoms with Crippen molar-refractivity contribution in [1.29, 1.82) is 0 Å². The Morgan fingerprint density at radius 3 is 2.26 bits per heavy atom. The second-order valence-corrected chi connectivity index (χ2v) is 7.72. The lowest BCUT2D eigenvalue weighted by Crippen LogP contribution is -2.20. The topological polar surface area (TPSA) is 135 Å². The Morgan fingerprint density at radius 1 is 0.857 bits per heavy atom. The second kappa shape index (κ2) is 11.6. The Kier molecular flexibility index (Phi) is 8.29. The zero-order valence-electron chi connectivity index (χ0n) is 19.7. The molecule has 0 aliphatic heterocycles. The Balaban J connectivity index is 1.68. The number of rotatable bonds is 10. The first-order chi connectivity index (χ1) is 16.8. The first kappa shape index (κ1) is 25.1. The summed E-state index contributed by atoms with van der Waals surface area (Å²) in [5.74, 6) is 0.487. The largest absolute Gasteiger partial charge is 0.496 e. The number of primary amides is 1. The fourth-order valence-electron chi connectivity index (χ4n) is 3.11. The van der Waals surface area contributed by atoms with Crippen LogP contribution in [0, 0.1) is 13.8 Å². The van der Waals surface area contributed by atoms with E-state index in [0.29, 0.717) is 22.6 Å². The van der Waals surface area contributed by atoms with Gasteiger partial charge in [0.25, 0.3) is 5.91 Å². The minimum absolute atomic E-state index is 0.00760. The van der Waals surface area contributed by atoms with Gasteiger partial charge in [-0.05, 0) is 73.5 Å². The van der Waals surface area contributed by atoms with Gasteiger partial charge in [0.15, 0.2) is 12.4 Å². The Labute approximate surface area is 203 Å². The molecule has 3 aromatic rings. The van der Waals surface area contributed by atoms with E-state index < -0.39 is 11.9 Å². The highest BCUT2D eigenvalue weighted by Gasteiger charge is 2.14. The Hall–Kier alpha value is -4.53. The van der Waals surface area contributed by atoms with Crippen molar-refractivity contribution in [2.45, 2.75) is 20.5 Å². The third kappa shape index (κ3) is 6.97. The number of nitrogens with zero attached hydrogens (tertiary/aromatic N) is 1. The second-order valence-electron chi connectivity index (χ2n) is 7.72. The van der Waals surface area contributed by atoms with Crippen LogP contribution in [0.3, 0.4) is 0 Å². The van der Waals surface area contributed by atoms with Gasteiger partial charge in [-0.1, -0.05) is 17.3 Å². The maximum atomic E-state index is 12.6. The molecule has 0 spiro atoms. The van der Waals surface area contributed by atoms with Crippen LogP contribution < -0.4 is 25.7 Å². The molecular formula is C26H27N3O6. The number of carbonyl (C=O) groups is 2. The molecule has 0 bridgehead atoms. The zero-order chi connectivity index (χ0) is 25.4. The SMILES string of the molecule is COc1ccc(C(=O)O/N=C(\N)c2ccc(OCC(N)=O)cc2)cc1COc1cc(C)ccc1C. The number of hydrogen-bond donors (Lipinski definition) is 2. The van der Waals surface area contributed by atoms with Gasteiger partial charge in [0.2, 0.25) is 0 Å². The molecule has 35 heavy (non-hydrogen) atoms. The van der Waals surface area contributed by atoms with Gasteiger partial charge in [0.1, 0.15) is 23.9 Å². The average molecular weight is 478 g/mol. The Bertz CT molecular complexity index is 1240. The minimum atomic E-state index is -0.690. The van der Waals surface area contributed by atoms with E-state index in [1.807, 2.05) is 32.0 Å². The van der Waals surface area contributed by atoms with Crippen molar-refractivity contribution in [2.75, 3.05) is 13.7 Å². The predicted octanol–water partition coefficient (Wildman–Crippen LogP) is 3.23. The predicted molar refractivity (Wildman–Crippen MR) is 131 cm³/mol. The maximum Gasteiger partial charge on any atom is 0.365 e. The van der Waals surface area contributed by atoms with Crippen molar-refractivity contribution in [1.82, 2.24) is 0 Å². The number of amidine groups is 1. The molecule has 0 unspecified atom stereocenters. The Morgan fingerprint density at radius 2 is 1.57 bits per heavy atom. The van der Waals surface area contributed by atoms with Crippen molar-refractivity contribution in [2.24, 2.45) is 16.6 Å². The van der Waals surface area contributed by atoms with Crippen LogP contribution in [-0.4, -0.2) is 31.4 Å². The summed E-state index contributed by atoms with van der Waals surface area (Å²) >= 11 is 0. The number of nitrogens with two attached hydrogens (primary N) is 2. The van der Waals surface area contributed by atoms with Gasteiger partial charge in [0, 0.05) is 11.1 Å². The van der Waals surface area contributed by atoms with Crippen LogP contribution >= 0.6 is 0 Å². The smallest absolute Gasteiger partial charge is 0.365 e. The molecule has 0 saturated carbocycles. The van der Waals surface area contributed by atoms with Crippen LogP contribution in [0.15, 0.2) is 65.8 Å². The number of amides is 1. The zero-order valence-corrected chi connectivity index (χ0v) is 19.7. The number of methoxy groups -OCH3 is 1. The summed E-state index contributed by atoms with van der Waals surface area (Å²) in [6, 6.07) is 17.2. The molecule has 0 fully saturated rings. The highest BCUT2D eigenvalue weighted by atomic mass is 16.7. The van der Waals surface area contributed by atoms with Crippen LogP contribution in [0.25, 0.3) is 0 Å². The number of aryl methyl sites for hydroxylation is 2. The molecule has 0 aromatic heterocycles. The number of oxime groups is 1. The highest BCUT2D eigenvalue weighted by Crippen LogP contribution is 2.25. The fraction of sp³-hybridized carbons (Fsp3) is 0.192. The summed E-state index contributed by atoms with van der Waals surface area (Å²) in [6.07, 6.45) is 0. The molecule has 9 heteroatoms. The van der Waals surface area contributed by atoms with Gasteiger partial charge in [0.05, 0.1) is 12.7 Å². The summed E-state index contributed by atoms with van der Waals surface area (Å²) in [7, 11) is 1.55. The van der Waals surface area contributed by atoms with Gasteiger partial charge >= 0.3 is 5.97 Å². The average Bonchev–Trinajstić information content (AvgIpc) is 2.86. The lowest BCUT2D eigenvalue weighted by Gasteiger charge is -2.13. The summed E-state index contributed by atoms with van der Waals surface area (Å²) in [5, 5.41) is 3.73. The first-order valence-electron chi connectivity index (χ1n) is 10.7. The summed E-state index contributed by atoms with van der Waals surface area (Å²) in [4.78, 5) is 28.4. The maximum absolute atomic E-state index is 12.6. The van der Waals surface area contributed by atoms with E-state index in [9.17, 15) is 9.59 Å². The van der Waals surface area contributed by atoms with Crippen LogP contribution in [0.2, 0.25) is 0 Å². The number of hydrogen-bond acceptors (Lipinski definition) is 7. The van der Waals surface area contributed by atoms with E-state index in [2.05, 4.69) is 5.16 Å². The third-order valence-corrected chi connectivity index (χ3v) is 5.00. The van der Waals surface area contributed by atoms with E-state index in [1.54, 1.807) is 49.6 Å². The van der Waals surface area contributed by atoms with Gasteiger partial charge in [-0.2, -0.15) is 0 Å². The molecule has 4 N–H and O–H groups in total. The molecule has 3 aromatic carbocycles. The van der Waals surface area contributed by atoms with Gasteiger partial charge < -0.3 is 30.5 Å². The normalized spacial score (nSPS) is 11.0. The standard InChI is InChI=1S/C26H27N3O6/c1-16-4-5-17(2)23(12-16)34-14-20-13-19(8-11-22(20)32-3)26(31)35-29-25(28)18-6-9-21(10-7-18)33-15-24(27)30/h4-13H,14-15H2,1-3H3,(H2,27,30)(H2,28,29). The summed E-state index contributed by atoms with van der Waals surface area (Å²) in [6.45, 7) is 3.91. The van der Waals surface area contributed by atoms with E-state index in [1.165, 1.54) is 0 Å². The third-order valence-electron chi connectivity index (χ3n) is 5.00. The fourth-order valence-corrected chi connectivity index (χ4v) is 3.11. The molecular weight excluding hydrogens is 450 g/mol. The lowest BCUT2D eigenvalue weighted by atomic mass is 10.1. The molecule has 0 heterocycles. The van der Waals surface area contributed by atoms with Crippen LogP contribution in [-0.2, 0) is 16.2 Å². The van der Waals surface area contributed by atoms with E-state index >= 15 is 0 Å². The number of ether oxygens (including phenoxy) is 3. The summed E-state index contributed by atoms with van der Waals surface area (Å²) < 4.78 is 16.6. The molecule has 0 aliphatic rings. The molecule has 0 atom stereocenters. The molecule has 0 radical (unpaired) electrons. The first-order valence-corrected chi connectivity index (χ1v) is 10.7. The highest BCUT2D eigenvalue weighted by molar-refractivity contribution is 5.98. The van der Waals surface area contributed by atoms with Gasteiger partial charge in [-0.25, -0.2) is 4.79 Å². The molecule has 9 nitrogen and oxygen atoms in total. The van der Waals surface area contributed by atoms with Crippen molar-refractivity contribution >= 4 is 17.7 Å². The quantitative estimate of drug-likeness (QED) is 0.198. The molecule has 0 aliphatic carbocycles. The van der Waals surface area contributed by atoms with Crippen molar-refractivity contribution in [3.8, 4) is 17.2 Å². The van der Waals surface area contributed by atoms with Crippen LogP contribution in [0.5, 0.6) is 17.2 Å². The van der Waals surface area contributed by atoms with Crippen LogP contribution in [0.4, 0.5) is 0 Å². The van der Waals surface area contributed by atoms with E-state index in [4.69, 9.17) is 30.5 Å². The number of benzene rings is 3. The lowest BCUT2D eigenvalue weighted by molar-refractivity contribution is -0.119. The van der Waals surface area contributed by atoms with Crippen LogP contribution in [0.1, 0.15) is 32.6 Å². The van der Waals surface area contributed by atoms with Gasteiger partial charge in [-0.3, -0.25) is 4.79 Å². The summed E-state index contributed by atoms with van der Waals surface area (Å²) in [5.41, 5.74) is 14.5. The monoisotopic (exact) mass is 477 g/mol. The van der Waals surface area contributed by atoms with Crippen molar-refractivity contribution in [3.05, 3.63) is 88.5 Å². The van der Waals surface area contributed by atoms with Gasteiger partial charge in [-0.15, -0.1) is 0 Å². The molecule has 3 rings (SSSR count). The van der Waals surface area contributed by atoms with E-state index in [-0.39, 0.29) is 24.6 Å². The molecule has 0 saturated heterocycles. The molecule has 182 valence electrons. The van der Waals surface area contributed by atoms with Crippen molar-refractivity contribution < 1.29 is 28.6 Å². The van der Waals surface area contributed by atoms with Crippen molar-refractivity contribution in [3.63, 3.8) is 0 Å². The minimum Gasteiger partial charge on any atom is -0.496 e. The number of carbonyl (C=O) groups excluding carboxylic acids is 2. The molecule has 1 amide bonds. The van der Waals surface area contributed by atoms with E-state index in [0.717, 1.165) is 16.9 Å².